The minimum absolute atomic E-state index is 0. The van der Waals surface area contributed by atoms with Gasteiger partial charge in [-0.25, -0.2) is 9.98 Å². The molecule has 0 atom stereocenters. The molecule has 0 radical (unpaired) electrons. The molecule has 2 rings (SSSR count). The van der Waals surface area contributed by atoms with Crippen molar-refractivity contribution in [2.75, 3.05) is 19.7 Å². The Balaban J connectivity index is 0.00000392. The van der Waals surface area contributed by atoms with Gasteiger partial charge in [0.05, 0.1) is 12.9 Å². The largest absolute Gasteiger partial charge is 0.484 e. The summed E-state index contributed by atoms with van der Waals surface area (Å²) in [6, 6.07) is 5.15. The van der Waals surface area contributed by atoms with Crippen molar-refractivity contribution < 1.29 is 17.9 Å². The second-order valence-electron chi connectivity index (χ2n) is 5.94. The molecular formula is C18H25F3IN5O. The van der Waals surface area contributed by atoms with Gasteiger partial charge < -0.3 is 19.9 Å². The zero-order valence-electron chi connectivity index (χ0n) is 15.8. The van der Waals surface area contributed by atoms with Crippen LogP contribution in [0.1, 0.15) is 18.1 Å². The lowest BCUT2D eigenvalue weighted by Gasteiger charge is -2.14. The van der Waals surface area contributed by atoms with Crippen LogP contribution < -0.4 is 15.4 Å². The van der Waals surface area contributed by atoms with Gasteiger partial charge in [0.25, 0.3) is 0 Å². The van der Waals surface area contributed by atoms with Crippen LogP contribution in [0, 0.1) is 6.92 Å². The number of ether oxygens (including phenoxy) is 1. The van der Waals surface area contributed by atoms with Crippen LogP contribution in [-0.4, -0.2) is 41.4 Å². The molecule has 0 unspecified atom stereocenters. The monoisotopic (exact) mass is 511 g/mol. The van der Waals surface area contributed by atoms with Crippen LogP contribution in [0.2, 0.25) is 0 Å². The fourth-order valence-corrected chi connectivity index (χ4v) is 2.31. The number of aliphatic imine (C=N–C) groups is 1. The normalized spacial score (nSPS) is 11.7. The Morgan fingerprint density at radius 2 is 2.07 bits per heavy atom. The van der Waals surface area contributed by atoms with E-state index in [1.165, 1.54) is 0 Å². The number of nitrogens with one attached hydrogen (secondary N) is 2. The van der Waals surface area contributed by atoms with Gasteiger partial charge in [-0.1, -0.05) is 12.1 Å². The predicted molar refractivity (Wildman–Crippen MR) is 113 cm³/mol. The van der Waals surface area contributed by atoms with Crippen molar-refractivity contribution in [2.24, 2.45) is 4.99 Å². The molecule has 0 bridgehead atoms. The smallest absolute Gasteiger partial charge is 0.422 e. The average molecular weight is 511 g/mol. The first-order valence-corrected chi connectivity index (χ1v) is 8.64. The van der Waals surface area contributed by atoms with Crippen LogP contribution in [-0.2, 0) is 13.1 Å². The van der Waals surface area contributed by atoms with E-state index >= 15 is 0 Å². The number of aromatic nitrogens is 2. The van der Waals surface area contributed by atoms with Crippen LogP contribution in [0.3, 0.4) is 0 Å². The van der Waals surface area contributed by atoms with Crippen LogP contribution >= 0.6 is 24.0 Å². The number of alkyl halides is 3. The average Bonchev–Trinajstić information content (AvgIpc) is 3.11. The van der Waals surface area contributed by atoms with E-state index in [9.17, 15) is 13.2 Å². The number of halogens is 4. The van der Waals surface area contributed by atoms with E-state index in [1.54, 1.807) is 31.6 Å². The maximum absolute atomic E-state index is 12.5. The van der Waals surface area contributed by atoms with Gasteiger partial charge in [0.2, 0.25) is 0 Å². The van der Waals surface area contributed by atoms with Crippen LogP contribution in [0.25, 0.3) is 0 Å². The number of guanidine groups is 1. The molecule has 0 saturated carbocycles. The molecule has 0 saturated heterocycles. The Morgan fingerprint density at radius 1 is 1.29 bits per heavy atom. The minimum Gasteiger partial charge on any atom is -0.484 e. The molecule has 2 N–H and O–H groups in total. The third-order valence-electron chi connectivity index (χ3n) is 3.59. The van der Waals surface area contributed by atoms with Crippen LogP contribution in [0.5, 0.6) is 5.75 Å². The topological polar surface area (TPSA) is 63.5 Å². The van der Waals surface area contributed by atoms with Crippen molar-refractivity contribution in [3.8, 4) is 5.75 Å². The van der Waals surface area contributed by atoms with Gasteiger partial charge in [0.15, 0.2) is 12.6 Å². The fourth-order valence-electron chi connectivity index (χ4n) is 2.31. The van der Waals surface area contributed by atoms with Gasteiger partial charge in [0, 0.05) is 37.6 Å². The zero-order chi connectivity index (χ0) is 19.7. The first-order valence-electron chi connectivity index (χ1n) is 8.64. The Bertz CT molecular complexity index is 735. The molecule has 1 aromatic carbocycles. The first kappa shape index (κ1) is 24.1. The van der Waals surface area contributed by atoms with E-state index in [0.717, 1.165) is 12.1 Å². The van der Waals surface area contributed by atoms with Gasteiger partial charge in [-0.3, -0.25) is 0 Å². The highest BCUT2D eigenvalue weighted by molar-refractivity contribution is 14.0. The number of imidazole rings is 1. The van der Waals surface area contributed by atoms with E-state index < -0.39 is 12.8 Å². The highest BCUT2D eigenvalue weighted by atomic mass is 127. The number of benzene rings is 1. The molecule has 2 aromatic rings. The Hall–Kier alpha value is -1.98. The SMILES string of the molecule is CCNC(=NCc1ccc(C)cc1OCC(F)(F)F)NCCn1ccnc1.I. The lowest BCUT2D eigenvalue weighted by atomic mass is 10.1. The van der Waals surface area contributed by atoms with E-state index in [-0.39, 0.29) is 36.3 Å². The summed E-state index contributed by atoms with van der Waals surface area (Å²) >= 11 is 0. The summed E-state index contributed by atoms with van der Waals surface area (Å²) in [5, 5.41) is 6.30. The van der Waals surface area contributed by atoms with Gasteiger partial charge in [0.1, 0.15) is 5.75 Å². The molecule has 0 aliphatic heterocycles. The number of hydrogen-bond acceptors (Lipinski definition) is 3. The van der Waals surface area contributed by atoms with Crippen molar-refractivity contribution in [2.45, 2.75) is 33.1 Å². The summed E-state index contributed by atoms with van der Waals surface area (Å²) < 4.78 is 44.3. The number of hydrogen-bond donors (Lipinski definition) is 2. The van der Waals surface area contributed by atoms with Crippen molar-refractivity contribution in [1.29, 1.82) is 0 Å². The lowest BCUT2D eigenvalue weighted by Crippen LogP contribution is -2.38. The Morgan fingerprint density at radius 3 is 2.71 bits per heavy atom. The Kier molecular flexibility index (Phi) is 10.1. The summed E-state index contributed by atoms with van der Waals surface area (Å²) in [6.07, 6.45) is 0.915. The van der Waals surface area contributed by atoms with E-state index in [2.05, 4.69) is 20.6 Å². The lowest BCUT2D eigenvalue weighted by molar-refractivity contribution is -0.153. The van der Waals surface area contributed by atoms with Crippen LogP contribution in [0.4, 0.5) is 13.2 Å². The molecule has 156 valence electrons. The quantitative estimate of drug-likeness (QED) is 0.324. The van der Waals surface area contributed by atoms with Crippen molar-refractivity contribution in [3.05, 3.63) is 48.0 Å². The van der Waals surface area contributed by atoms with Crippen LogP contribution in [0.15, 0.2) is 41.9 Å². The summed E-state index contributed by atoms with van der Waals surface area (Å²) in [6.45, 7) is 4.64. The van der Waals surface area contributed by atoms with Gasteiger partial charge in [-0.15, -0.1) is 24.0 Å². The van der Waals surface area contributed by atoms with E-state index in [1.807, 2.05) is 23.8 Å². The number of rotatable bonds is 8. The van der Waals surface area contributed by atoms with E-state index in [0.29, 0.717) is 24.6 Å². The molecule has 6 nitrogen and oxygen atoms in total. The molecule has 0 aliphatic carbocycles. The molecule has 0 fully saturated rings. The summed E-state index contributed by atoms with van der Waals surface area (Å²) in [4.78, 5) is 8.42. The highest BCUT2D eigenvalue weighted by Gasteiger charge is 2.28. The summed E-state index contributed by atoms with van der Waals surface area (Å²) in [7, 11) is 0. The third-order valence-corrected chi connectivity index (χ3v) is 3.59. The van der Waals surface area contributed by atoms with Crippen molar-refractivity contribution >= 4 is 29.9 Å². The van der Waals surface area contributed by atoms with Crippen molar-refractivity contribution in [1.82, 2.24) is 20.2 Å². The number of nitrogens with zero attached hydrogens (tertiary/aromatic N) is 3. The molecule has 1 aromatic heterocycles. The second kappa shape index (κ2) is 11.8. The minimum atomic E-state index is -4.38. The maximum atomic E-state index is 12.5. The fraction of sp³-hybridized carbons (Fsp3) is 0.444. The maximum Gasteiger partial charge on any atom is 0.422 e. The first-order chi connectivity index (χ1) is 12.9. The summed E-state index contributed by atoms with van der Waals surface area (Å²) in [5.41, 5.74) is 1.42. The molecule has 1 heterocycles. The van der Waals surface area contributed by atoms with E-state index in [4.69, 9.17) is 4.74 Å². The highest BCUT2D eigenvalue weighted by Crippen LogP contribution is 2.24. The van der Waals surface area contributed by atoms with Crippen molar-refractivity contribution in [3.63, 3.8) is 0 Å². The van der Waals surface area contributed by atoms with Gasteiger partial charge in [-0.2, -0.15) is 13.2 Å². The molecule has 0 aliphatic rings. The van der Waals surface area contributed by atoms with Gasteiger partial charge in [-0.05, 0) is 25.5 Å². The standard InChI is InChI=1S/C18H24F3N5O.HI/c1-3-23-17(24-7-9-26-8-6-22-13-26)25-11-15-5-4-14(2)10-16(15)27-12-18(19,20)21;/h4-6,8,10,13H,3,7,9,11-12H2,1-2H3,(H2,23,24,25);1H. The molecular weight excluding hydrogens is 486 g/mol. The predicted octanol–water partition coefficient (Wildman–Crippen LogP) is 3.51. The Labute approximate surface area is 179 Å². The molecule has 28 heavy (non-hydrogen) atoms. The summed E-state index contributed by atoms with van der Waals surface area (Å²) in [5.74, 6) is 0.783. The molecule has 0 amide bonds. The third kappa shape index (κ3) is 8.81. The molecule has 10 heteroatoms. The second-order valence-corrected chi connectivity index (χ2v) is 5.94. The zero-order valence-corrected chi connectivity index (χ0v) is 18.1. The number of aryl methyl sites for hydroxylation is 1. The van der Waals surface area contributed by atoms with Gasteiger partial charge >= 0.3 is 6.18 Å². The molecule has 0 spiro atoms.